The first kappa shape index (κ1) is 12.4. The van der Waals surface area contributed by atoms with Gasteiger partial charge in [0.05, 0.1) is 11.9 Å². The molecule has 1 heterocycles. The van der Waals surface area contributed by atoms with Crippen molar-refractivity contribution in [2.45, 2.75) is 25.7 Å². The minimum absolute atomic E-state index is 0.154. The van der Waals surface area contributed by atoms with Gasteiger partial charge in [-0.1, -0.05) is 30.3 Å². The Morgan fingerprint density at radius 2 is 1.83 bits per heavy atom. The molecule has 1 aromatic carbocycles. The fourth-order valence-corrected chi connectivity index (χ4v) is 1.92. The van der Waals surface area contributed by atoms with Crippen molar-refractivity contribution in [3.63, 3.8) is 0 Å². The van der Waals surface area contributed by atoms with Crippen molar-refractivity contribution in [1.82, 2.24) is 9.97 Å². The van der Waals surface area contributed by atoms with Crippen LogP contribution in [0.4, 0.5) is 0 Å². The van der Waals surface area contributed by atoms with E-state index in [0.717, 1.165) is 19.3 Å². The Bertz CT molecular complexity index is 549. The SMILES string of the molecule is O=c1[nH]cnc(O)c1CCCCc1ccccc1. The molecule has 0 saturated heterocycles. The number of aromatic hydroxyl groups is 1. The maximum Gasteiger partial charge on any atom is 0.257 e. The van der Waals surface area contributed by atoms with Crippen LogP contribution in [0, 0.1) is 0 Å². The Labute approximate surface area is 105 Å². The van der Waals surface area contributed by atoms with Gasteiger partial charge in [0.1, 0.15) is 0 Å². The van der Waals surface area contributed by atoms with Gasteiger partial charge in [0.15, 0.2) is 0 Å². The van der Waals surface area contributed by atoms with Gasteiger partial charge in [-0.25, -0.2) is 4.98 Å². The van der Waals surface area contributed by atoms with Crippen LogP contribution in [0.15, 0.2) is 41.5 Å². The minimum Gasteiger partial charge on any atom is -0.493 e. The molecular formula is C14H16N2O2. The van der Waals surface area contributed by atoms with Gasteiger partial charge in [-0.3, -0.25) is 4.79 Å². The van der Waals surface area contributed by atoms with Gasteiger partial charge in [0.2, 0.25) is 5.88 Å². The Morgan fingerprint density at radius 3 is 2.56 bits per heavy atom. The standard InChI is InChI=1S/C14H16N2O2/c17-13-12(14(18)16-10-15-13)9-5-4-8-11-6-2-1-3-7-11/h1-3,6-7,10H,4-5,8-9H2,(H2,15,16,17,18). The van der Waals surface area contributed by atoms with E-state index in [9.17, 15) is 9.90 Å². The molecule has 0 spiro atoms. The Morgan fingerprint density at radius 1 is 1.11 bits per heavy atom. The molecule has 0 unspecified atom stereocenters. The van der Waals surface area contributed by atoms with E-state index < -0.39 is 0 Å². The van der Waals surface area contributed by atoms with Crippen LogP contribution in [0.3, 0.4) is 0 Å². The van der Waals surface area contributed by atoms with Crippen molar-refractivity contribution in [2.24, 2.45) is 0 Å². The summed E-state index contributed by atoms with van der Waals surface area (Å²) < 4.78 is 0. The zero-order valence-electron chi connectivity index (χ0n) is 10.1. The molecule has 2 N–H and O–H groups in total. The van der Waals surface area contributed by atoms with Crippen molar-refractivity contribution in [3.8, 4) is 5.88 Å². The zero-order valence-corrected chi connectivity index (χ0v) is 10.1. The van der Waals surface area contributed by atoms with Gasteiger partial charge in [-0.05, 0) is 31.2 Å². The third-order valence-corrected chi connectivity index (χ3v) is 2.91. The number of nitrogens with zero attached hydrogens (tertiary/aromatic N) is 1. The summed E-state index contributed by atoms with van der Waals surface area (Å²) >= 11 is 0. The van der Waals surface area contributed by atoms with Gasteiger partial charge in [-0.2, -0.15) is 0 Å². The number of unbranched alkanes of at least 4 members (excludes halogenated alkanes) is 1. The second-order valence-electron chi connectivity index (χ2n) is 4.23. The molecule has 0 fully saturated rings. The molecule has 2 rings (SSSR count). The predicted octanol–water partition coefficient (Wildman–Crippen LogP) is 2.04. The predicted molar refractivity (Wildman–Crippen MR) is 69.6 cm³/mol. The smallest absolute Gasteiger partial charge is 0.257 e. The van der Waals surface area contributed by atoms with E-state index >= 15 is 0 Å². The Balaban J connectivity index is 1.84. The number of rotatable bonds is 5. The Kier molecular flexibility index (Phi) is 4.12. The van der Waals surface area contributed by atoms with E-state index in [0.29, 0.717) is 12.0 Å². The fraction of sp³-hybridized carbons (Fsp3) is 0.286. The second-order valence-corrected chi connectivity index (χ2v) is 4.23. The number of benzene rings is 1. The average molecular weight is 244 g/mol. The van der Waals surface area contributed by atoms with Crippen LogP contribution in [-0.4, -0.2) is 15.1 Å². The molecule has 0 aliphatic heterocycles. The van der Waals surface area contributed by atoms with Crippen molar-refractivity contribution in [1.29, 1.82) is 0 Å². The van der Waals surface area contributed by atoms with Crippen molar-refractivity contribution >= 4 is 0 Å². The Hall–Kier alpha value is -2.10. The number of hydrogen-bond donors (Lipinski definition) is 2. The number of aryl methyl sites for hydroxylation is 1. The molecule has 2 aromatic rings. The monoisotopic (exact) mass is 244 g/mol. The summed E-state index contributed by atoms with van der Waals surface area (Å²) in [7, 11) is 0. The average Bonchev–Trinajstić information content (AvgIpc) is 2.38. The summed E-state index contributed by atoms with van der Waals surface area (Å²) in [5.41, 5.74) is 1.43. The van der Waals surface area contributed by atoms with Crippen molar-refractivity contribution < 1.29 is 5.11 Å². The van der Waals surface area contributed by atoms with Crippen molar-refractivity contribution in [2.75, 3.05) is 0 Å². The quantitative estimate of drug-likeness (QED) is 0.791. The van der Waals surface area contributed by atoms with Crippen LogP contribution in [0.25, 0.3) is 0 Å². The highest BCUT2D eigenvalue weighted by molar-refractivity contribution is 5.20. The summed E-state index contributed by atoms with van der Waals surface area (Å²) in [5.74, 6) is -0.154. The normalized spacial score (nSPS) is 10.4. The maximum absolute atomic E-state index is 11.4. The summed E-state index contributed by atoms with van der Waals surface area (Å²) in [6, 6.07) is 10.2. The molecule has 0 saturated carbocycles. The van der Waals surface area contributed by atoms with Crippen LogP contribution in [-0.2, 0) is 12.8 Å². The molecule has 94 valence electrons. The highest BCUT2D eigenvalue weighted by Crippen LogP contribution is 2.11. The lowest BCUT2D eigenvalue weighted by molar-refractivity contribution is 0.441. The van der Waals surface area contributed by atoms with Crippen molar-refractivity contribution in [3.05, 3.63) is 58.1 Å². The highest BCUT2D eigenvalue weighted by Gasteiger charge is 2.06. The molecule has 0 amide bonds. The van der Waals surface area contributed by atoms with Crippen LogP contribution in [0.2, 0.25) is 0 Å². The van der Waals surface area contributed by atoms with Gasteiger partial charge >= 0.3 is 0 Å². The number of aromatic amines is 1. The fourth-order valence-electron chi connectivity index (χ4n) is 1.92. The molecule has 1 aromatic heterocycles. The van der Waals surface area contributed by atoms with E-state index in [1.165, 1.54) is 11.9 Å². The minimum atomic E-state index is -0.248. The number of aromatic nitrogens is 2. The van der Waals surface area contributed by atoms with E-state index in [-0.39, 0.29) is 11.4 Å². The molecule has 18 heavy (non-hydrogen) atoms. The van der Waals surface area contributed by atoms with Crippen LogP contribution < -0.4 is 5.56 Å². The first-order chi connectivity index (χ1) is 8.77. The first-order valence-corrected chi connectivity index (χ1v) is 6.07. The van der Waals surface area contributed by atoms with E-state index in [1.54, 1.807) is 0 Å². The molecule has 0 atom stereocenters. The van der Waals surface area contributed by atoms with Crippen LogP contribution in [0.5, 0.6) is 5.88 Å². The molecular weight excluding hydrogens is 228 g/mol. The van der Waals surface area contributed by atoms with Gasteiger partial charge in [0.25, 0.3) is 5.56 Å². The molecule has 4 heteroatoms. The summed E-state index contributed by atoms with van der Waals surface area (Å²) in [6.07, 6.45) is 4.60. The molecule has 0 aliphatic carbocycles. The van der Waals surface area contributed by atoms with Gasteiger partial charge < -0.3 is 10.1 Å². The largest absolute Gasteiger partial charge is 0.493 e. The highest BCUT2D eigenvalue weighted by atomic mass is 16.3. The van der Waals surface area contributed by atoms with Crippen LogP contribution >= 0.6 is 0 Å². The maximum atomic E-state index is 11.4. The first-order valence-electron chi connectivity index (χ1n) is 6.07. The zero-order chi connectivity index (χ0) is 12.8. The number of hydrogen-bond acceptors (Lipinski definition) is 3. The lowest BCUT2D eigenvalue weighted by Crippen LogP contribution is -2.12. The molecule has 4 nitrogen and oxygen atoms in total. The lowest BCUT2D eigenvalue weighted by Gasteiger charge is -2.03. The number of H-pyrrole nitrogens is 1. The topological polar surface area (TPSA) is 66.0 Å². The molecule has 0 aliphatic rings. The van der Waals surface area contributed by atoms with E-state index in [1.807, 2.05) is 18.2 Å². The van der Waals surface area contributed by atoms with Crippen LogP contribution in [0.1, 0.15) is 24.0 Å². The van der Waals surface area contributed by atoms with E-state index in [4.69, 9.17) is 0 Å². The molecule has 0 radical (unpaired) electrons. The van der Waals surface area contributed by atoms with E-state index in [2.05, 4.69) is 22.1 Å². The number of nitrogens with one attached hydrogen (secondary N) is 1. The summed E-state index contributed by atoms with van der Waals surface area (Å²) in [6.45, 7) is 0. The second kappa shape index (κ2) is 6.00. The summed E-state index contributed by atoms with van der Waals surface area (Å²) in [4.78, 5) is 17.6. The lowest BCUT2D eigenvalue weighted by atomic mass is 10.1. The summed E-state index contributed by atoms with van der Waals surface area (Å²) in [5, 5.41) is 9.48. The third-order valence-electron chi connectivity index (χ3n) is 2.91. The van der Waals surface area contributed by atoms with Gasteiger partial charge in [-0.15, -0.1) is 0 Å². The molecule has 0 bridgehead atoms. The van der Waals surface area contributed by atoms with Gasteiger partial charge in [0, 0.05) is 0 Å². The third kappa shape index (κ3) is 3.20.